The Balaban J connectivity index is 2.35. The maximum absolute atomic E-state index is 11.2. The number of carbonyl (C=O) groups is 1. The van der Waals surface area contributed by atoms with Gasteiger partial charge in [-0.2, -0.15) is 0 Å². The van der Waals surface area contributed by atoms with E-state index >= 15 is 0 Å². The van der Waals surface area contributed by atoms with Crippen molar-refractivity contribution in [3.8, 4) is 0 Å². The van der Waals surface area contributed by atoms with E-state index in [0.29, 0.717) is 45.6 Å². The van der Waals surface area contributed by atoms with Crippen LogP contribution in [0.1, 0.15) is 26.2 Å². The Hall–Kier alpha value is -0.450. The van der Waals surface area contributed by atoms with Crippen molar-refractivity contribution in [2.45, 2.75) is 31.8 Å². The van der Waals surface area contributed by atoms with E-state index in [-0.39, 0.29) is 5.78 Å². The minimum atomic E-state index is -0.666. The Labute approximate surface area is 91.2 Å². The number of ketones is 1. The first-order valence-electron chi connectivity index (χ1n) is 5.56. The summed E-state index contributed by atoms with van der Waals surface area (Å²) in [6.07, 6.45) is 1.89. The summed E-state index contributed by atoms with van der Waals surface area (Å²) in [5.41, 5.74) is -0.666. The van der Waals surface area contributed by atoms with Gasteiger partial charge in [-0.05, 0) is 7.05 Å². The van der Waals surface area contributed by atoms with Crippen LogP contribution in [-0.4, -0.2) is 54.7 Å². The molecule has 0 amide bonds. The van der Waals surface area contributed by atoms with E-state index in [1.807, 2.05) is 18.9 Å². The van der Waals surface area contributed by atoms with Crippen LogP contribution in [-0.2, 0) is 9.53 Å². The molecular formula is C11H21NO3. The Morgan fingerprint density at radius 1 is 1.47 bits per heavy atom. The fraction of sp³-hybridized carbons (Fsp3) is 0.909. The predicted octanol–water partition coefficient (Wildman–Crippen LogP) is 0.439. The topological polar surface area (TPSA) is 49.8 Å². The third-order valence-electron chi connectivity index (χ3n) is 2.83. The summed E-state index contributed by atoms with van der Waals surface area (Å²) < 4.78 is 5.20. The molecule has 0 unspecified atom stereocenters. The molecule has 4 nitrogen and oxygen atoms in total. The second kappa shape index (κ2) is 5.58. The second-order valence-electron chi connectivity index (χ2n) is 4.40. The minimum absolute atomic E-state index is 0.216. The Morgan fingerprint density at radius 3 is 2.60 bits per heavy atom. The molecule has 1 fully saturated rings. The van der Waals surface area contributed by atoms with E-state index in [9.17, 15) is 9.90 Å². The summed E-state index contributed by atoms with van der Waals surface area (Å²) in [5, 5.41) is 10.2. The lowest BCUT2D eigenvalue weighted by atomic mass is 9.94. The van der Waals surface area contributed by atoms with Crippen LogP contribution < -0.4 is 0 Å². The van der Waals surface area contributed by atoms with Gasteiger partial charge in [-0.1, -0.05) is 6.92 Å². The van der Waals surface area contributed by atoms with Crippen LogP contribution in [0.2, 0.25) is 0 Å². The van der Waals surface area contributed by atoms with Crippen molar-refractivity contribution in [2.75, 3.05) is 33.4 Å². The molecule has 1 aliphatic heterocycles. The number of nitrogens with zero attached hydrogens (tertiary/aromatic N) is 1. The van der Waals surface area contributed by atoms with Crippen molar-refractivity contribution >= 4 is 5.78 Å². The number of ether oxygens (including phenoxy) is 1. The summed E-state index contributed by atoms with van der Waals surface area (Å²) in [4.78, 5) is 13.1. The number of aliphatic hydroxyl groups is 1. The van der Waals surface area contributed by atoms with Gasteiger partial charge in [-0.15, -0.1) is 0 Å². The molecule has 15 heavy (non-hydrogen) atoms. The molecular weight excluding hydrogens is 194 g/mol. The molecule has 0 aromatic heterocycles. The number of carbonyl (C=O) groups excluding carboxylic acids is 1. The van der Waals surface area contributed by atoms with Gasteiger partial charge in [0.2, 0.25) is 0 Å². The average Bonchev–Trinajstić information content (AvgIpc) is 2.17. The SMILES string of the molecule is CCC(=O)CN(C)CC1(O)CCOCC1. The lowest BCUT2D eigenvalue weighted by molar-refractivity contribution is -0.121. The molecule has 0 atom stereocenters. The molecule has 88 valence electrons. The molecule has 0 saturated carbocycles. The second-order valence-corrected chi connectivity index (χ2v) is 4.40. The van der Waals surface area contributed by atoms with Crippen molar-refractivity contribution in [1.29, 1.82) is 0 Å². The van der Waals surface area contributed by atoms with Gasteiger partial charge >= 0.3 is 0 Å². The largest absolute Gasteiger partial charge is 0.388 e. The van der Waals surface area contributed by atoms with Crippen molar-refractivity contribution in [2.24, 2.45) is 0 Å². The van der Waals surface area contributed by atoms with Gasteiger partial charge < -0.3 is 9.84 Å². The molecule has 0 aliphatic carbocycles. The van der Waals surface area contributed by atoms with E-state index in [1.165, 1.54) is 0 Å². The molecule has 0 radical (unpaired) electrons. The first-order valence-corrected chi connectivity index (χ1v) is 5.56. The maximum Gasteiger partial charge on any atom is 0.146 e. The van der Waals surface area contributed by atoms with Gasteiger partial charge in [0.25, 0.3) is 0 Å². The lowest BCUT2D eigenvalue weighted by Gasteiger charge is -2.35. The zero-order chi connectivity index (χ0) is 11.3. The van der Waals surface area contributed by atoms with Crippen LogP contribution in [0.3, 0.4) is 0 Å². The first kappa shape index (κ1) is 12.6. The molecule has 0 aromatic carbocycles. The summed E-state index contributed by atoms with van der Waals surface area (Å²) in [6, 6.07) is 0. The van der Waals surface area contributed by atoms with Crippen LogP contribution in [0.15, 0.2) is 0 Å². The monoisotopic (exact) mass is 215 g/mol. The molecule has 1 saturated heterocycles. The Morgan fingerprint density at radius 2 is 2.07 bits per heavy atom. The number of hydrogen-bond acceptors (Lipinski definition) is 4. The van der Waals surface area contributed by atoms with E-state index in [1.54, 1.807) is 0 Å². The van der Waals surface area contributed by atoms with Gasteiger partial charge in [0.1, 0.15) is 5.78 Å². The van der Waals surface area contributed by atoms with Crippen molar-refractivity contribution < 1.29 is 14.6 Å². The molecule has 1 heterocycles. The van der Waals surface area contributed by atoms with Crippen LogP contribution in [0.5, 0.6) is 0 Å². The maximum atomic E-state index is 11.2. The summed E-state index contributed by atoms with van der Waals surface area (Å²) in [7, 11) is 1.88. The smallest absolute Gasteiger partial charge is 0.146 e. The summed E-state index contributed by atoms with van der Waals surface area (Å²) in [5.74, 6) is 0.216. The number of rotatable bonds is 5. The fourth-order valence-electron chi connectivity index (χ4n) is 1.88. The van der Waals surface area contributed by atoms with Crippen LogP contribution in [0.25, 0.3) is 0 Å². The highest BCUT2D eigenvalue weighted by molar-refractivity contribution is 5.80. The van der Waals surface area contributed by atoms with Gasteiger partial charge in [0.05, 0.1) is 12.1 Å². The van der Waals surface area contributed by atoms with E-state index in [0.717, 1.165) is 0 Å². The highest BCUT2D eigenvalue weighted by atomic mass is 16.5. The molecule has 0 bridgehead atoms. The Bertz CT molecular complexity index is 212. The van der Waals surface area contributed by atoms with Gasteiger partial charge in [-0.3, -0.25) is 9.69 Å². The zero-order valence-electron chi connectivity index (χ0n) is 9.66. The van der Waals surface area contributed by atoms with E-state index in [4.69, 9.17) is 4.74 Å². The molecule has 0 aromatic rings. The molecule has 0 spiro atoms. The van der Waals surface area contributed by atoms with Crippen molar-refractivity contribution in [3.05, 3.63) is 0 Å². The summed E-state index contributed by atoms with van der Waals surface area (Å²) in [6.45, 7) is 4.08. The van der Waals surface area contributed by atoms with Crippen LogP contribution >= 0.6 is 0 Å². The van der Waals surface area contributed by atoms with Crippen LogP contribution in [0.4, 0.5) is 0 Å². The number of likely N-dealkylation sites (N-methyl/N-ethyl adjacent to an activating group) is 1. The lowest BCUT2D eigenvalue weighted by Crippen LogP contribution is -2.46. The zero-order valence-corrected chi connectivity index (χ0v) is 9.66. The fourth-order valence-corrected chi connectivity index (χ4v) is 1.88. The Kier molecular flexibility index (Phi) is 4.70. The molecule has 1 aliphatic rings. The average molecular weight is 215 g/mol. The standard InChI is InChI=1S/C11H21NO3/c1-3-10(13)8-12(2)9-11(14)4-6-15-7-5-11/h14H,3-9H2,1-2H3. The number of hydrogen-bond donors (Lipinski definition) is 1. The third-order valence-corrected chi connectivity index (χ3v) is 2.83. The van der Waals surface area contributed by atoms with Gasteiger partial charge in [0.15, 0.2) is 0 Å². The highest BCUT2D eigenvalue weighted by Gasteiger charge is 2.31. The molecule has 1 N–H and O–H groups in total. The number of Topliss-reactive ketones (excluding diaryl/α,β-unsaturated/α-hetero) is 1. The van der Waals surface area contributed by atoms with Crippen LogP contribution in [0, 0.1) is 0 Å². The van der Waals surface area contributed by atoms with Gasteiger partial charge in [-0.25, -0.2) is 0 Å². The normalized spacial score (nSPS) is 20.5. The van der Waals surface area contributed by atoms with E-state index in [2.05, 4.69) is 0 Å². The minimum Gasteiger partial charge on any atom is -0.388 e. The first-order chi connectivity index (χ1) is 7.06. The van der Waals surface area contributed by atoms with Gasteiger partial charge in [0, 0.05) is 39.0 Å². The summed E-state index contributed by atoms with van der Waals surface area (Å²) >= 11 is 0. The third kappa shape index (κ3) is 4.28. The van der Waals surface area contributed by atoms with Crippen molar-refractivity contribution in [1.82, 2.24) is 4.90 Å². The molecule has 1 rings (SSSR count). The van der Waals surface area contributed by atoms with Crippen molar-refractivity contribution in [3.63, 3.8) is 0 Å². The highest BCUT2D eigenvalue weighted by Crippen LogP contribution is 2.21. The quantitative estimate of drug-likeness (QED) is 0.723. The predicted molar refractivity (Wildman–Crippen MR) is 57.8 cm³/mol. The molecule has 4 heteroatoms. The van der Waals surface area contributed by atoms with E-state index < -0.39 is 5.60 Å².